The lowest BCUT2D eigenvalue weighted by Crippen LogP contribution is -2.43. The fourth-order valence-electron chi connectivity index (χ4n) is 3.20. The van der Waals surface area contributed by atoms with Crippen LogP contribution < -0.4 is 10.6 Å². The Kier molecular flexibility index (Phi) is 5.58. The van der Waals surface area contributed by atoms with E-state index in [0.717, 1.165) is 36.2 Å². The first-order valence-electron chi connectivity index (χ1n) is 8.80. The molecule has 148 valence electrons. The number of hydrogen-bond acceptors (Lipinski definition) is 3. The number of carbonyl (C=O) groups is 1. The topological polar surface area (TPSA) is 67.9 Å². The number of oxime groups is 1. The molecule has 0 aliphatic carbocycles. The van der Waals surface area contributed by atoms with E-state index in [1.165, 1.54) is 12.1 Å². The van der Waals surface area contributed by atoms with Crippen molar-refractivity contribution in [2.24, 2.45) is 10.9 Å². The van der Waals surface area contributed by atoms with Crippen LogP contribution in [0, 0.1) is 0 Å². The van der Waals surface area contributed by atoms with Crippen LogP contribution in [-0.4, -0.2) is 24.4 Å². The molecule has 1 aliphatic heterocycles. The molecule has 0 radical (unpaired) electrons. The summed E-state index contributed by atoms with van der Waals surface area (Å²) in [6.45, 7) is 1.59. The van der Waals surface area contributed by atoms with Gasteiger partial charge < -0.3 is 15.5 Å². The van der Waals surface area contributed by atoms with Crippen LogP contribution in [0.4, 0.5) is 18.9 Å². The molecule has 1 unspecified atom stereocenters. The molecule has 1 aliphatic rings. The van der Waals surface area contributed by atoms with Crippen LogP contribution in [0.3, 0.4) is 0 Å². The highest BCUT2D eigenvalue weighted by molar-refractivity contribution is 5.98. The number of amides is 1. The van der Waals surface area contributed by atoms with Gasteiger partial charge in [-0.2, -0.15) is 13.2 Å². The van der Waals surface area contributed by atoms with Crippen molar-refractivity contribution in [1.29, 1.82) is 0 Å². The molecule has 0 spiro atoms. The summed E-state index contributed by atoms with van der Waals surface area (Å²) in [5.74, 6) is -0.522. The van der Waals surface area contributed by atoms with E-state index in [1.807, 2.05) is 31.2 Å². The number of benzene rings is 2. The van der Waals surface area contributed by atoms with Gasteiger partial charge in [-0.3, -0.25) is 4.79 Å². The molecule has 28 heavy (non-hydrogen) atoms. The maximum absolute atomic E-state index is 12.8. The van der Waals surface area contributed by atoms with Crippen molar-refractivity contribution in [2.75, 3.05) is 11.5 Å². The van der Waals surface area contributed by atoms with E-state index < -0.39 is 11.7 Å². The average molecular weight is 391 g/mol. The maximum Gasteiger partial charge on any atom is 0.416 e. The number of aryl methyl sites for hydroxylation is 1. The van der Waals surface area contributed by atoms with E-state index in [0.29, 0.717) is 0 Å². The van der Waals surface area contributed by atoms with Crippen molar-refractivity contribution in [2.45, 2.75) is 32.0 Å². The number of nitrogens with two attached hydrogens (primary N) is 1. The molecule has 2 aromatic carbocycles. The summed E-state index contributed by atoms with van der Waals surface area (Å²) in [5, 5.41) is 3.61. The Morgan fingerprint density at radius 2 is 2.00 bits per heavy atom. The Morgan fingerprint density at radius 3 is 2.75 bits per heavy atom. The third-order valence-corrected chi connectivity index (χ3v) is 4.63. The maximum atomic E-state index is 12.8. The molecule has 1 atom stereocenters. The second-order valence-electron chi connectivity index (χ2n) is 6.61. The van der Waals surface area contributed by atoms with E-state index in [-0.39, 0.29) is 30.0 Å². The van der Waals surface area contributed by atoms with Crippen molar-refractivity contribution >= 4 is 17.4 Å². The Balaban J connectivity index is 1.68. The van der Waals surface area contributed by atoms with Crippen LogP contribution in [0.1, 0.15) is 30.0 Å². The number of fused-ring (bicyclic) bond motifs is 1. The standard InChI is InChI=1S/C20H20F3N3O2/c1-13-9-10-14-5-2-3-8-17(14)26(13)18(27)12-28-25-19(24)15-6-4-7-16(11-15)20(21,22)23/h2-8,11,13H,9-10,12H2,1H3,(H2,24,25). The van der Waals surface area contributed by atoms with Gasteiger partial charge in [0, 0.05) is 17.3 Å². The predicted molar refractivity (Wildman–Crippen MR) is 99.8 cm³/mol. The first-order valence-corrected chi connectivity index (χ1v) is 8.80. The zero-order valence-electron chi connectivity index (χ0n) is 15.2. The molecule has 3 rings (SSSR count). The number of nitrogens with zero attached hydrogens (tertiary/aromatic N) is 2. The minimum atomic E-state index is -4.48. The van der Waals surface area contributed by atoms with Gasteiger partial charge in [0.05, 0.1) is 5.56 Å². The number of amidine groups is 1. The molecule has 1 amide bonds. The zero-order chi connectivity index (χ0) is 20.3. The summed E-state index contributed by atoms with van der Waals surface area (Å²) in [7, 11) is 0. The average Bonchev–Trinajstić information content (AvgIpc) is 2.67. The molecule has 0 aromatic heterocycles. The Bertz CT molecular complexity index is 896. The van der Waals surface area contributed by atoms with Gasteiger partial charge in [-0.25, -0.2) is 0 Å². The van der Waals surface area contributed by atoms with Crippen LogP contribution in [-0.2, 0) is 22.2 Å². The Hall–Kier alpha value is -3.03. The molecule has 1 heterocycles. The minimum Gasteiger partial charge on any atom is -0.384 e. The molecule has 2 N–H and O–H groups in total. The van der Waals surface area contributed by atoms with Gasteiger partial charge in [-0.05, 0) is 43.5 Å². The second-order valence-corrected chi connectivity index (χ2v) is 6.61. The molecule has 0 saturated carbocycles. The van der Waals surface area contributed by atoms with Crippen LogP contribution in [0.2, 0.25) is 0 Å². The van der Waals surface area contributed by atoms with Gasteiger partial charge >= 0.3 is 6.18 Å². The van der Waals surface area contributed by atoms with Gasteiger partial charge in [-0.1, -0.05) is 35.5 Å². The lowest BCUT2D eigenvalue weighted by molar-refractivity contribution is -0.137. The normalized spacial score (nSPS) is 17.2. The number of anilines is 1. The van der Waals surface area contributed by atoms with Crippen LogP contribution in [0.5, 0.6) is 0 Å². The first-order chi connectivity index (χ1) is 13.3. The third kappa shape index (κ3) is 4.27. The number of alkyl halides is 3. The van der Waals surface area contributed by atoms with Crippen molar-refractivity contribution in [1.82, 2.24) is 0 Å². The van der Waals surface area contributed by atoms with Gasteiger partial charge in [0.1, 0.15) is 0 Å². The molecule has 2 aromatic rings. The monoisotopic (exact) mass is 391 g/mol. The summed E-state index contributed by atoms with van der Waals surface area (Å²) in [5.41, 5.74) is 6.86. The van der Waals surface area contributed by atoms with E-state index in [1.54, 1.807) is 4.90 Å². The third-order valence-electron chi connectivity index (χ3n) is 4.63. The molecule has 0 saturated heterocycles. The molecule has 0 fully saturated rings. The number of hydrogen-bond donors (Lipinski definition) is 1. The zero-order valence-corrected chi connectivity index (χ0v) is 15.2. The van der Waals surface area contributed by atoms with Gasteiger partial charge in [0.25, 0.3) is 5.91 Å². The quantitative estimate of drug-likeness (QED) is 0.491. The van der Waals surface area contributed by atoms with Crippen molar-refractivity contribution in [3.8, 4) is 0 Å². The molecule has 5 nitrogen and oxygen atoms in total. The predicted octanol–water partition coefficient (Wildman–Crippen LogP) is 3.71. The van der Waals surface area contributed by atoms with Crippen LogP contribution in [0.25, 0.3) is 0 Å². The second kappa shape index (κ2) is 7.92. The molecular weight excluding hydrogens is 371 g/mol. The number of para-hydroxylation sites is 1. The Labute approximate surface area is 160 Å². The Morgan fingerprint density at radius 1 is 1.25 bits per heavy atom. The minimum absolute atomic E-state index is 0.00999. The van der Waals surface area contributed by atoms with Crippen LogP contribution >= 0.6 is 0 Å². The van der Waals surface area contributed by atoms with E-state index in [9.17, 15) is 18.0 Å². The number of carbonyl (C=O) groups excluding carboxylic acids is 1. The van der Waals surface area contributed by atoms with Gasteiger partial charge in [0.15, 0.2) is 12.4 Å². The molecule has 8 heteroatoms. The number of halogens is 3. The highest BCUT2D eigenvalue weighted by Gasteiger charge is 2.31. The fraction of sp³-hybridized carbons (Fsp3) is 0.300. The lowest BCUT2D eigenvalue weighted by Gasteiger charge is -2.34. The van der Waals surface area contributed by atoms with Gasteiger partial charge in [0.2, 0.25) is 0 Å². The van der Waals surface area contributed by atoms with Crippen molar-refractivity contribution in [3.05, 3.63) is 65.2 Å². The smallest absolute Gasteiger partial charge is 0.384 e. The lowest BCUT2D eigenvalue weighted by atomic mass is 9.96. The number of rotatable bonds is 4. The summed E-state index contributed by atoms with van der Waals surface area (Å²) in [4.78, 5) is 19.3. The summed E-state index contributed by atoms with van der Waals surface area (Å²) >= 11 is 0. The fourth-order valence-corrected chi connectivity index (χ4v) is 3.20. The van der Waals surface area contributed by atoms with Gasteiger partial charge in [-0.15, -0.1) is 0 Å². The summed E-state index contributed by atoms with van der Waals surface area (Å²) < 4.78 is 38.4. The summed E-state index contributed by atoms with van der Waals surface area (Å²) in [6.07, 6.45) is -2.76. The van der Waals surface area contributed by atoms with E-state index >= 15 is 0 Å². The molecule has 0 bridgehead atoms. The van der Waals surface area contributed by atoms with Crippen molar-refractivity contribution in [3.63, 3.8) is 0 Å². The molecular formula is C20H20F3N3O2. The van der Waals surface area contributed by atoms with Crippen molar-refractivity contribution < 1.29 is 22.8 Å². The summed E-state index contributed by atoms with van der Waals surface area (Å²) in [6, 6.07) is 12.1. The van der Waals surface area contributed by atoms with E-state index in [4.69, 9.17) is 10.6 Å². The SMILES string of the molecule is CC1CCc2ccccc2N1C(=O)CO/N=C(\N)c1cccc(C(F)(F)F)c1. The van der Waals surface area contributed by atoms with E-state index in [2.05, 4.69) is 5.16 Å². The first kappa shape index (κ1) is 19.7. The highest BCUT2D eigenvalue weighted by atomic mass is 19.4. The van der Waals surface area contributed by atoms with Crippen LogP contribution in [0.15, 0.2) is 53.7 Å². The highest BCUT2D eigenvalue weighted by Crippen LogP contribution is 2.31. The largest absolute Gasteiger partial charge is 0.416 e.